The van der Waals surface area contributed by atoms with E-state index in [-0.39, 0.29) is 29.3 Å². The molecule has 1 aliphatic rings. The molecular formula is C20H14F5N5O2. The van der Waals surface area contributed by atoms with Crippen LogP contribution >= 0.6 is 0 Å². The molecule has 0 aliphatic carbocycles. The summed E-state index contributed by atoms with van der Waals surface area (Å²) in [6.45, 7) is 1.68. The molecule has 0 radical (unpaired) electrons. The van der Waals surface area contributed by atoms with Crippen LogP contribution in [-0.2, 0) is 6.18 Å². The van der Waals surface area contributed by atoms with Gasteiger partial charge in [-0.05, 0) is 37.3 Å². The van der Waals surface area contributed by atoms with Gasteiger partial charge in [0, 0.05) is 12.2 Å². The molecule has 0 bridgehead atoms. The van der Waals surface area contributed by atoms with Crippen LogP contribution in [0.1, 0.15) is 39.4 Å². The predicted octanol–water partition coefficient (Wildman–Crippen LogP) is 4.05. The summed E-state index contributed by atoms with van der Waals surface area (Å²) in [6, 6.07) is 4.03. The van der Waals surface area contributed by atoms with Gasteiger partial charge in [-0.3, -0.25) is 14.3 Å². The van der Waals surface area contributed by atoms with E-state index < -0.39 is 41.2 Å². The second-order valence-corrected chi connectivity index (χ2v) is 7.09. The predicted molar refractivity (Wildman–Crippen MR) is 102 cm³/mol. The first-order chi connectivity index (χ1) is 15.1. The number of hydrogen-bond acceptors (Lipinski definition) is 4. The molecule has 0 fully saturated rings. The Morgan fingerprint density at radius 3 is 2.53 bits per heavy atom. The Bertz CT molecular complexity index is 1210. The third kappa shape index (κ3) is 3.79. The monoisotopic (exact) mass is 451 g/mol. The number of benzene rings is 1. The number of anilines is 2. The second-order valence-electron chi connectivity index (χ2n) is 7.09. The summed E-state index contributed by atoms with van der Waals surface area (Å²) < 4.78 is 67.0. The van der Waals surface area contributed by atoms with Crippen molar-refractivity contribution in [1.82, 2.24) is 14.8 Å². The number of alkyl halides is 3. The molecule has 3 heterocycles. The van der Waals surface area contributed by atoms with E-state index in [1.54, 1.807) is 6.92 Å². The fourth-order valence-corrected chi connectivity index (χ4v) is 3.39. The molecular weight excluding hydrogens is 437 g/mol. The number of carbonyl (C=O) groups excluding carboxylic acids is 2. The van der Waals surface area contributed by atoms with E-state index in [0.29, 0.717) is 12.1 Å². The number of nitrogens with zero attached hydrogens (tertiary/aromatic N) is 4. The highest BCUT2D eigenvalue weighted by Gasteiger charge is 2.37. The third-order valence-corrected chi connectivity index (χ3v) is 4.89. The standard InChI is InChI=1S/C20H14F5N5O2/c1-10-9-29(12-3-4-14(15(22)6-12)20(23,24)25)19(32)17-13(8-27-30(10)17)18(31)28-16-5-2-11(21)7-26-16/h2-8,10H,9H2,1H3,(H,26,28,31)/t10-/m0/s1. The van der Waals surface area contributed by atoms with Crippen LogP contribution < -0.4 is 10.2 Å². The Labute approximate surface area is 177 Å². The molecule has 1 aromatic carbocycles. The van der Waals surface area contributed by atoms with Gasteiger partial charge in [-0.1, -0.05) is 0 Å². The number of rotatable bonds is 3. The second kappa shape index (κ2) is 7.70. The molecule has 1 atom stereocenters. The highest BCUT2D eigenvalue weighted by Crippen LogP contribution is 2.35. The number of carbonyl (C=O) groups is 2. The minimum atomic E-state index is -4.87. The van der Waals surface area contributed by atoms with Crippen LogP contribution in [0, 0.1) is 11.6 Å². The van der Waals surface area contributed by atoms with Crippen molar-refractivity contribution in [2.75, 3.05) is 16.8 Å². The average Bonchev–Trinajstić information content (AvgIpc) is 3.17. The molecule has 12 heteroatoms. The molecule has 0 unspecified atom stereocenters. The van der Waals surface area contributed by atoms with E-state index >= 15 is 0 Å². The molecule has 1 N–H and O–H groups in total. The summed E-state index contributed by atoms with van der Waals surface area (Å²) in [5, 5.41) is 6.48. The van der Waals surface area contributed by atoms with Crippen molar-refractivity contribution in [1.29, 1.82) is 0 Å². The first-order valence-electron chi connectivity index (χ1n) is 9.25. The normalized spacial score (nSPS) is 16.1. The fourth-order valence-electron chi connectivity index (χ4n) is 3.39. The summed E-state index contributed by atoms with van der Waals surface area (Å²) in [4.78, 5) is 30.6. The summed E-state index contributed by atoms with van der Waals surface area (Å²) in [7, 11) is 0. The molecule has 1 aliphatic heterocycles. The Kier molecular flexibility index (Phi) is 5.15. The summed E-state index contributed by atoms with van der Waals surface area (Å²) in [5.74, 6) is -3.57. The van der Waals surface area contributed by atoms with Crippen molar-refractivity contribution < 1.29 is 31.5 Å². The molecule has 0 spiro atoms. The molecule has 0 saturated heterocycles. The maximum atomic E-state index is 14.1. The minimum Gasteiger partial charge on any atom is -0.306 e. The van der Waals surface area contributed by atoms with Crippen molar-refractivity contribution in [2.24, 2.45) is 0 Å². The summed E-state index contributed by atoms with van der Waals surface area (Å²) in [5.41, 5.74) is -1.78. The van der Waals surface area contributed by atoms with Crippen LogP contribution in [0.5, 0.6) is 0 Å². The smallest absolute Gasteiger partial charge is 0.306 e. The van der Waals surface area contributed by atoms with Crippen molar-refractivity contribution >= 4 is 23.3 Å². The Balaban J connectivity index is 1.66. The Morgan fingerprint density at radius 2 is 1.91 bits per heavy atom. The van der Waals surface area contributed by atoms with Crippen LogP contribution in [0.25, 0.3) is 0 Å². The van der Waals surface area contributed by atoms with E-state index in [9.17, 15) is 31.5 Å². The number of aromatic nitrogens is 3. The minimum absolute atomic E-state index is 0.00110. The molecule has 2 aromatic heterocycles. The zero-order valence-electron chi connectivity index (χ0n) is 16.3. The number of nitrogens with one attached hydrogen (secondary N) is 1. The largest absolute Gasteiger partial charge is 0.419 e. The van der Waals surface area contributed by atoms with Crippen molar-refractivity contribution in [2.45, 2.75) is 19.1 Å². The maximum Gasteiger partial charge on any atom is 0.419 e. The number of fused-ring (bicyclic) bond motifs is 1. The van der Waals surface area contributed by atoms with Gasteiger partial charge in [0.15, 0.2) is 0 Å². The van der Waals surface area contributed by atoms with E-state index in [4.69, 9.17) is 0 Å². The lowest BCUT2D eigenvalue weighted by atomic mass is 10.1. The third-order valence-electron chi connectivity index (χ3n) is 4.89. The van der Waals surface area contributed by atoms with Gasteiger partial charge in [-0.2, -0.15) is 18.3 Å². The van der Waals surface area contributed by atoms with Gasteiger partial charge in [0.25, 0.3) is 11.8 Å². The molecule has 32 heavy (non-hydrogen) atoms. The van der Waals surface area contributed by atoms with Crippen molar-refractivity contribution in [3.05, 3.63) is 71.2 Å². The van der Waals surface area contributed by atoms with Gasteiger partial charge >= 0.3 is 6.18 Å². The number of hydrogen-bond donors (Lipinski definition) is 1. The van der Waals surface area contributed by atoms with Gasteiger partial charge in [-0.15, -0.1) is 0 Å². The maximum absolute atomic E-state index is 14.1. The Morgan fingerprint density at radius 1 is 1.16 bits per heavy atom. The fraction of sp³-hybridized carbons (Fsp3) is 0.200. The average molecular weight is 451 g/mol. The quantitative estimate of drug-likeness (QED) is 0.610. The van der Waals surface area contributed by atoms with Crippen LogP contribution in [0.15, 0.2) is 42.7 Å². The molecule has 7 nitrogen and oxygen atoms in total. The van der Waals surface area contributed by atoms with Gasteiger partial charge in [0.05, 0.1) is 29.6 Å². The zero-order chi connectivity index (χ0) is 23.2. The van der Waals surface area contributed by atoms with Crippen LogP contribution in [0.3, 0.4) is 0 Å². The van der Waals surface area contributed by atoms with Gasteiger partial charge < -0.3 is 10.2 Å². The van der Waals surface area contributed by atoms with Crippen LogP contribution in [0.4, 0.5) is 33.5 Å². The topological polar surface area (TPSA) is 80.1 Å². The summed E-state index contributed by atoms with van der Waals surface area (Å²) in [6.07, 6.45) is -2.81. The number of amides is 2. The number of pyridine rings is 1. The van der Waals surface area contributed by atoms with Crippen molar-refractivity contribution in [3.8, 4) is 0 Å². The molecule has 0 saturated carbocycles. The van der Waals surface area contributed by atoms with Gasteiger partial charge in [0.1, 0.15) is 23.1 Å². The lowest BCUT2D eigenvalue weighted by Crippen LogP contribution is -2.43. The van der Waals surface area contributed by atoms with E-state index in [1.165, 1.54) is 16.9 Å². The summed E-state index contributed by atoms with van der Waals surface area (Å²) >= 11 is 0. The van der Waals surface area contributed by atoms with Crippen LogP contribution in [-0.4, -0.2) is 33.1 Å². The van der Waals surface area contributed by atoms with E-state index in [1.807, 2.05) is 0 Å². The molecule has 3 aromatic rings. The highest BCUT2D eigenvalue weighted by molar-refractivity contribution is 6.15. The first kappa shape index (κ1) is 21.4. The van der Waals surface area contributed by atoms with Crippen molar-refractivity contribution in [3.63, 3.8) is 0 Å². The molecule has 2 amide bonds. The lowest BCUT2D eigenvalue weighted by Gasteiger charge is -2.32. The molecule has 166 valence electrons. The molecule has 4 rings (SSSR count). The van der Waals surface area contributed by atoms with Gasteiger partial charge in [0.2, 0.25) is 0 Å². The van der Waals surface area contributed by atoms with E-state index in [2.05, 4.69) is 15.4 Å². The lowest BCUT2D eigenvalue weighted by molar-refractivity contribution is -0.139. The SMILES string of the molecule is C[C@H]1CN(c2ccc(C(F)(F)F)c(F)c2)C(=O)c2c(C(=O)Nc3ccc(F)cn3)cnn21. The van der Waals surface area contributed by atoms with Crippen LogP contribution in [0.2, 0.25) is 0 Å². The van der Waals surface area contributed by atoms with Gasteiger partial charge in [-0.25, -0.2) is 13.8 Å². The first-order valence-corrected chi connectivity index (χ1v) is 9.25. The zero-order valence-corrected chi connectivity index (χ0v) is 16.3. The Hall–Kier alpha value is -3.83. The number of halogens is 5. The van der Waals surface area contributed by atoms with E-state index in [0.717, 1.165) is 23.2 Å². The highest BCUT2D eigenvalue weighted by atomic mass is 19.4.